The lowest BCUT2D eigenvalue weighted by atomic mass is 9.91. The van der Waals surface area contributed by atoms with Gasteiger partial charge in [-0.25, -0.2) is 4.79 Å². The lowest BCUT2D eigenvalue weighted by Crippen LogP contribution is -2.32. The zero-order chi connectivity index (χ0) is 22.8. The van der Waals surface area contributed by atoms with E-state index in [-0.39, 0.29) is 37.5 Å². The number of aryl methyl sites for hydroxylation is 2. The molecule has 0 saturated carbocycles. The van der Waals surface area contributed by atoms with Gasteiger partial charge < -0.3 is 23.9 Å². The Hall–Kier alpha value is -3.03. The summed E-state index contributed by atoms with van der Waals surface area (Å²) in [6.45, 7) is 7.53. The summed E-state index contributed by atoms with van der Waals surface area (Å²) in [4.78, 5) is 35.6. The second-order valence-corrected chi connectivity index (χ2v) is 8.30. The average molecular weight is 431 g/mol. The summed E-state index contributed by atoms with van der Waals surface area (Å²) in [5, 5.41) is 3.40. The molecule has 1 aromatic carbocycles. The number of esters is 1. The molecule has 8 nitrogen and oxygen atoms in total. The van der Waals surface area contributed by atoms with Gasteiger partial charge in [0, 0.05) is 30.5 Å². The number of nitrogens with one attached hydrogen (secondary N) is 1. The molecule has 0 unspecified atom stereocenters. The van der Waals surface area contributed by atoms with Gasteiger partial charge in [-0.1, -0.05) is 0 Å². The maximum absolute atomic E-state index is 12.8. The van der Waals surface area contributed by atoms with Crippen LogP contribution < -0.4 is 20.4 Å². The molecule has 1 aliphatic rings. The molecular weight excluding hydrogens is 402 g/mol. The Bertz CT molecular complexity index is 1070. The van der Waals surface area contributed by atoms with Gasteiger partial charge in [-0.3, -0.25) is 9.59 Å². The number of amides is 1. The first-order valence-corrected chi connectivity index (χ1v) is 10.4. The van der Waals surface area contributed by atoms with Gasteiger partial charge in [-0.2, -0.15) is 0 Å². The van der Waals surface area contributed by atoms with E-state index >= 15 is 0 Å². The van der Waals surface area contributed by atoms with Crippen molar-refractivity contribution >= 4 is 22.8 Å². The first kappa shape index (κ1) is 22.7. The Morgan fingerprint density at radius 1 is 1.29 bits per heavy atom. The fraction of sp³-hybridized carbons (Fsp3) is 0.522. The second-order valence-electron chi connectivity index (χ2n) is 8.30. The van der Waals surface area contributed by atoms with Crippen LogP contribution in [0.2, 0.25) is 0 Å². The van der Waals surface area contributed by atoms with E-state index in [1.54, 1.807) is 7.11 Å². The number of rotatable bonds is 7. The van der Waals surface area contributed by atoms with E-state index in [4.69, 9.17) is 18.6 Å². The van der Waals surface area contributed by atoms with Crippen molar-refractivity contribution in [3.63, 3.8) is 0 Å². The Morgan fingerprint density at radius 3 is 2.71 bits per heavy atom. The lowest BCUT2D eigenvalue weighted by Gasteiger charge is -2.33. The molecule has 1 aliphatic heterocycles. The van der Waals surface area contributed by atoms with Crippen LogP contribution in [-0.2, 0) is 27.2 Å². The van der Waals surface area contributed by atoms with Crippen molar-refractivity contribution in [2.45, 2.75) is 59.0 Å². The molecule has 3 rings (SSSR count). The highest BCUT2D eigenvalue weighted by atomic mass is 16.5. The van der Waals surface area contributed by atoms with Crippen molar-refractivity contribution in [1.29, 1.82) is 0 Å². The summed E-state index contributed by atoms with van der Waals surface area (Å²) in [5.41, 5.74) is 1.77. The fourth-order valence-corrected chi connectivity index (χ4v) is 3.84. The number of hydrogen-bond acceptors (Lipinski definition) is 7. The van der Waals surface area contributed by atoms with E-state index in [1.807, 2.05) is 26.8 Å². The first-order valence-electron chi connectivity index (χ1n) is 10.4. The van der Waals surface area contributed by atoms with Crippen molar-refractivity contribution < 1.29 is 28.2 Å². The number of fused-ring (bicyclic) bond motifs is 3. The summed E-state index contributed by atoms with van der Waals surface area (Å²) in [5.74, 6) is 0.602. The third kappa shape index (κ3) is 5.00. The lowest BCUT2D eigenvalue weighted by molar-refractivity contribution is -0.141. The van der Waals surface area contributed by atoms with Gasteiger partial charge >= 0.3 is 11.6 Å². The normalized spacial score (nSPS) is 14.5. The van der Waals surface area contributed by atoms with Crippen molar-refractivity contribution in [1.82, 2.24) is 5.32 Å². The van der Waals surface area contributed by atoms with Gasteiger partial charge in [-0.15, -0.1) is 0 Å². The Morgan fingerprint density at radius 2 is 2.03 bits per heavy atom. The highest BCUT2D eigenvalue weighted by Crippen LogP contribution is 2.43. The van der Waals surface area contributed by atoms with Crippen molar-refractivity contribution in [2.24, 2.45) is 0 Å². The van der Waals surface area contributed by atoms with Gasteiger partial charge in [0.25, 0.3) is 0 Å². The summed E-state index contributed by atoms with van der Waals surface area (Å²) in [7, 11) is 1.57. The Labute approximate surface area is 180 Å². The number of benzene rings is 1. The van der Waals surface area contributed by atoms with Crippen LogP contribution in [0.5, 0.6) is 11.5 Å². The number of ether oxygens (including phenoxy) is 3. The molecule has 0 saturated heterocycles. The monoisotopic (exact) mass is 431 g/mol. The molecule has 0 aliphatic carbocycles. The van der Waals surface area contributed by atoms with Gasteiger partial charge in [0.2, 0.25) is 5.91 Å². The molecule has 31 heavy (non-hydrogen) atoms. The van der Waals surface area contributed by atoms with E-state index in [0.29, 0.717) is 22.6 Å². The molecule has 1 amide bonds. The first-order chi connectivity index (χ1) is 14.6. The predicted molar refractivity (Wildman–Crippen MR) is 115 cm³/mol. The van der Waals surface area contributed by atoms with Crippen molar-refractivity contribution in [3.05, 3.63) is 33.2 Å². The van der Waals surface area contributed by atoms with E-state index in [2.05, 4.69) is 5.32 Å². The molecular formula is C23H29NO7. The summed E-state index contributed by atoms with van der Waals surface area (Å²) in [6, 6.07) is 1.84. The van der Waals surface area contributed by atoms with Crippen LogP contribution in [0.4, 0.5) is 0 Å². The molecule has 0 radical (unpaired) electrons. The Balaban J connectivity index is 1.87. The number of carbonyl (C=O) groups excluding carboxylic acids is 2. The van der Waals surface area contributed by atoms with Gasteiger partial charge in [0.05, 0.1) is 19.0 Å². The van der Waals surface area contributed by atoms with Crippen LogP contribution in [0.15, 0.2) is 15.3 Å². The molecule has 8 heteroatoms. The highest BCUT2D eigenvalue weighted by Gasteiger charge is 2.31. The maximum Gasteiger partial charge on any atom is 0.339 e. The average Bonchev–Trinajstić information content (AvgIpc) is 2.69. The predicted octanol–water partition coefficient (Wildman–Crippen LogP) is 2.83. The van der Waals surface area contributed by atoms with Gasteiger partial charge in [0.1, 0.15) is 29.3 Å². The van der Waals surface area contributed by atoms with Crippen molar-refractivity contribution in [2.75, 3.05) is 20.3 Å². The molecule has 2 aromatic rings. The van der Waals surface area contributed by atoms with Crippen LogP contribution in [0.3, 0.4) is 0 Å². The van der Waals surface area contributed by atoms with Gasteiger partial charge in [0.15, 0.2) is 0 Å². The molecule has 168 valence electrons. The summed E-state index contributed by atoms with van der Waals surface area (Å²) < 4.78 is 22.2. The minimum atomic E-state index is -0.460. The zero-order valence-corrected chi connectivity index (χ0v) is 18.7. The Kier molecular flexibility index (Phi) is 6.57. The molecule has 1 aromatic heterocycles. The third-order valence-corrected chi connectivity index (χ3v) is 5.49. The van der Waals surface area contributed by atoms with E-state index in [0.717, 1.165) is 29.4 Å². The topological polar surface area (TPSA) is 104 Å². The van der Waals surface area contributed by atoms with E-state index in [9.17, 15) is 14.4 Å². The SMILES string of the molecule is COc1cc2c(c3oc(=O)c(CCC(=O)NCCOC(C)=O)c(C)c13)CCC(C)(C)O2. The van der Waals surface area contributed by atoms with E-state index in [1.165, 1.54) is 6.92 Å². The minimum absolute atomic E-state index is 0.111. The fourth-order valence-electron chi connectivity index (χ4n) is 3.84. The zero-order valence-electron chi connectivity index (χ0n) is 18.7. The largest absolute Gasteiger partial charge is 0.496 e. The molecule has 0 bridgehead atoms. The van der Waals surface area contributed by atoms with Gasteiger partial charge in [-0.05, 0) is 45.6 Å². The van der Waals surface area contributed by atoms with Crippen molar-refractivity contribution in [3.8, 4) is 11.5 Å². The quantitative estimate of drug-likeness (QED) is 0.408. The summed E-state index contributed by atoms with van der Waals surface area (Å²) >= 11 is 0. The molecule has 0 fully saturated rings. The number of carbonyl (C=O) groups is 2. The minimum Gasteiger partial charge on any atom is -0.496 e. The smallest absolute Gasteiger partial charge is 0.339 e. The highest BCUT2D eigenvalue weighted by molar-refractivity contribution is 5.92. The number of methoxy groups -OCH3 is 1. The van der Waals surface area contributed by atoms with Crippen LogP contribution in [0, 0.1) is 6.92 Å². The molecule has 0 atom stereocenters. The molecule has 1 N–H and O–H groups in total. The third-order valence-electron chi connectivity index (χ3n) is 5.49. The maximum atomic E-state index is 12.8. The standard InChI is InChI=1S/C23H29NO7/c1-13-15(6-7-19(26)24-10-11-29-14(2)25)22(27)30-21-16-8-9-23(3,4)31-17(16)12-18(28-5)20(13)21/h12H,6-11H2,1-5H3,(H,24,26). The molecule has 0 spiro atoms. The van der Waals surface area contributed by atoms with Crippen LogP contribution in [0.1, 0.15) is 50.3 Å². The number of hydrogen-bond donors (Lipinski definition) is 1. The van der Waals surface area contributed by atoms with Crippen LogP contribution in [-0.4, -0.2) is 37.7 Å². The van der Waals surface area contributed by atoms with Crippen LogP contribution in [0.25, 0.3) is 11.0 Å². The molecule has 2 heterocycles. The second kappa shape index (κ2) is 8.99. The van der Waals surface area contributed by atoms with E-state index < -0.39 is 11.6 Å². The summed E-state index contributed by atoms with van der Waals surface area (Å²) in [6.07, 6.45) is 1.88. The van der Waals surface area contributed by atoms with Crippen LogP contribution >= 0.6 is 0 Å².